The fourth-order valence-corrected chi connectivity index (χ4v) is 2.44. The number of hydrogen-bond donors (Lipinski definition) is 2. The monoisotopic (exact) mass is 290 g/mol. The van der Waals surface area contributed by atoms with Gasteiger partial charge in [-0.3, -0.25) is 4.72 Å². The van der Waals surface area contributed by atoms with Gasteiger partial charge in [0, 0.05) is 12.6 Å². The molecule has 1 aromatic rings. The first-order valence-corrected chi connectivity index (χ1v) is 7.68. The number of ether oxygens (including phenoxy) is 1. The smallest absolute Gasteiger partial charge is 0.234 e. The maximum atomic E-state index is 13.5. The van der Waals surface area contributed by atoms with Gasteiger partial charge in [0.05, 0.1) is 18.6 Å². The van der Waals surface area contributed by atoms with Crippen LogP contribution in [0.15, 0.2) is 18.2 Å². The lowest BCUT2D eigenvalue weighted by Gasteiger charge is -2.10. The number of anilines is 1. The molecule has 19 heavy (non-hydrogen) atoms. The quantitative estimate of drug-likeness (QED) is 0.713. The number of halogens is 1. The molecule has 2 N–H and O–H groups in total. The minimum Gasteiger partial charge on any atom is -0.497 e. The molecule has 0 amide bonds. The SMILES string of the molecule is CCCNCCS(=O)(=O)Nc1cc(OC)ccc1F. The van der Waals surface area contributed by atoms with Gasteiger partial charge in [0.25, 0.3) is 0 Å². The molecule has 7 heteroatoms. The summed E-state index contributed by atoms with van der Waals surface area (Å²) >= 11 is 0. The summed E-state index contributed by atoms with van der Waals surface area (Å²) in [4.78, 5) is 0. The van der Waals surface area contributed by atoms with Crippen LogP contribution in [-0.2, 0) is 10.0 Å². The first kappa shape index (κ1) is 15.7. The Balaban J connectivity index is 2.67. The van der Waals surface area contributed by atoms with Gasteiger partial charge in [-0.2, -0.15) is 0 Å². The summed E-state index contributed by atoms with van der Waals surface area (Å²) in [6.45, 7) is 3.07. The molecule has 108 valence electrons. The minimum atomic E-state index is -3.57. The number of rotatable bonds is 8. The van der Waals surface area contributed by atoms with Crippen LogP contribution in [-0.4, -0.2) is 34.4 Å². The van der Waals surface area contributed by atoms with E-state index < -0.39 is 15.8 Å². The lowest BCUT2D eigenvalue weighted by atomic mass is 10.3. The molecule has 0 spiro atoms. The largest absolute Gasteiger partial charge is 0.497 e. The standard InChI is InChI=1S/C12H19FN2O3S/c1-3-6-14-7-8-19(16,17)15-12-9-10(18-2)4-5-11(12)13/h4-5,9,14-15H,3,6-8H2,1-2H3. The Morgan fingerprint density at radius 3 is 2.68 bits per heavy atom. The molecule has 0 aliphatic heterocycles. The molecule has 0 aliphatic carbocycles. The Morgan fingerprint density at radius 2 is 2.05 bits per heavy atom. The average molecular weight is 290 g/mol. The van der Waals surface area contributed by atoms with Gasteiger partial charge in [0.2, 0.25) is 10.0 Å². The molecular formula is C12H19FN2O3S. The van der Waals surface area contributed by atoms with E-state index in [1.807, 2.05) is 6.92 Å². The van der Waals surface area contributed by atoms with Crippen LogP contribution in [0.25, 0.3) is 0 Å². The molecule has 0 atom stereocenters. The van der Waals surface area contributed by atoms with E-state index in [0.717, 1.165) is 19.0 Å². The van der Waals surface area contributed by atoms with Gasteiger partial charge in [-0.05, 0) is 25.1 Å². The zero-order valence-electron chi connectivity index (χ0n) is 11.1. The highest BCUT2D eigenvalue weighted by atomic mass is 32.2. The van der Waals surface area contributed by atoms with Crippen molar-refractivity contribution < 1.29 is 17.5 Å². The Morgan fingerprint density at radius 1 is 1.32 bits per heavy atom. The predicted molar refractivity (Wildman–Crippen MR) is 73.5 cm³/mol. The molecule has 0 fully saturated rings. The molecule has 0 radical (unpaired) electrons. The molecule has 0 heterocycles. The highest BCUT2D eigenvalue weighted by molar-refractivity contribution is 7.92. The highest BCUT2D eigenvalue weighted by Crippen LogP contribution is 2.21. The lowest BCUT2D eigenvalue weighted by Crippen LogP contribution is -2.27. The van der Waals surface area contributed by atoms with Gasteiger partial charge in [-0.25, -0.2) is 12.8 Å². The Bertz CT molecular complexity index is 506. The minimum absolute atomic E-state index is 0.102. The van der Waals surface area contributed by atoms with E-state index in [9.17, 15) is 12.8 Å². The molecule has 0 saturated carbocycles. The summed E-state index contributed by atoms with van der Waals surface area (Å²) in [5.74, 6) is -0.349. The summed E-state index contributed by atoms with van der Waals surface area (Å²) in [5, 5.41) is 2.98. The van der Waals surface area contributed by atoms with Crippen molar-refractivity contribution in [3.8, 4) is 5.75 Å². The molecule has 0 unspecified atom stereocenters. The fraction of sp³-hybridized carbons (Fsp3) is 0.500. The van der Waals surface area contributed by atoms with Crippen LogP contribution in [0.3, 0.4) is 0 Å². The van der Waals surface area contributed by atoms with Crippen molar-refractivity contribution in [2.75, 3.05) is 30.7 Å². The van der Waals surface area contributed by atoms with E-state index in [2.05, 4.69) is 10.0 Å². The Labute approximate surface area is 113 Å². The van der Waals surface area contributed by atoms with Gasteiger partial charge >= 0.3 is 0 Å². The van der Waals surface area contributed by atoms with Gasteiger partial charge in [0.1, 0.15) is 11.6 Å². The number of nitrogens with one attached hydrogen (secondary N) is 2. The number of hydrogen-bond acceptors (Lipinski definition) is 4. The van der Waals surface area contributed by atoms with Crippen molar-refractivity contribution in [3.63, 3.8) is 0 Å². The third kappa shape index (κ3) is 5.44. The van der Waals surface area contributed by atoms with Gasteiger partial charge in [-0.15, -0.1) is 0 Å². The van der Waals surface area contributed by atoms with Crippen molar-refractivity contribution in [1.82, 2.24) is 5.32 Å². The second kappa shape index (κ2) is 7.30. The average Bonchev–Trinajstić information content (AvgIpc) is 2.37. The fourth-order valence-electron chi connectivity index (χ4n) is 1.44. The van der Waals surface area contributed by atoms with Gasteiger partial charge < -0.3 is 10.1 Å². The van der Waals surface area contributed by atoms with Crippen molar-refractivity contribution in [2.45, 2.75) is 13.3 Å². The zero-order chi connectivity index (χ0) is 14.3. The summed E-state index contributed by atoms with van der Waals surface area (Å²) in [7, 11) is -2.14. The van der Waals surface area contributed by atoms with E-state index in [1.54, 1.807) is 0 Å². The van der Waals surface area contributed by atoms with Crippen molar-refractivity contribution in [3.05, 3.63) is 24.0 Å². The van der Waals surface area contributed by atoms with E-state index in [-0.39, 0.29) is 11.4 Å². The number of benzene rings is 1. The molecule has 0 bridgehead atoms. The molecule has 5 nitrogen and oxygen atoms in total. The number of sulfonamides is 1. The summed E-state index contributed by atoms with van der Waals surface area (Å²) in [6, 6.07) is 3.90. The van der Waals surface area contributed by atoms with Crippen molar-refractivity contribution in [1.29, 1.82) is 0 Å². The molecule has 1 aromatic carbocycles. The molecular weight excluding hydrogens is 271 g/mol. The van der Waals surface area contributed by atoms with Crippen LogP contribution in [0, 0.1) is 5.82 Å². The van der Waals surface area contributed by atoms with Crippen LogP contribution in [0.5, 0.6) is 5.75 Å². The van der Waals surface area contributed by atoms with E-state index >= 15 is 0 Å². The highest BCUT2D eigenvalue weighted by Gasteiger charge is 2.13. The first-order valence-electron chi connectivity index (χ1n) is 6.03. The second-order valence-electron chi connectivity index (χ2n) is 4.02. The normalized spacial score (nSPS) is 11.3. The van der Waals surface area contributed by atoms with Crippen molar-refractivity contribution >= 4 is 15.7 Å². The summed E-state index contributed by atoms with van der Waals surface area (Å²) in [6.07, 6.45) is 0.929. The third-order valence-corrected chi connectivity index (χ3v) is 3.69. The van der Waals surface area contributed by atoms with Crippen LogP contribution >= 0.6 is 0 Å². The third-order valence-electron chi connectivity index (χ3n) is 2.41. The topological polar surface area (TPSA) is 67.4 Å². The lowest BCUT2D eigenvalue weighted by molar-refractivity contribution is 0.414. The van der Waals surface area contributed by atoms with Crippen LogP contribution in [0.4, 0.5) is 10.1 Å². The van der Waals surface area contributed by atoms with E-state index in [1.165, 1.54) is 19.2 Å². The summed E-state index contributed by atoms with van der Waals surface area (Å²) in [5.41, 5.74) is -0.102. The molecule has 1 rings (SSSR count). The maximum absolute atomic E-state index is 13.5. The van der Waals surface area contributed by atoms with E-state index in [0.29, 0.717) is 12.3 Å². The predicted octanol–water partition coefficient (Wildman–Crippen LogP) is 1.58. The van der Waals surface area contributed by atoms with Gasteiger partial charge in [0.15, 0.2) is 0 Å². The number of methoxy groups -OCH3 is 1. The Kier molecular flexibility index (Phi) is 6.04. The van der Waals surface area contributed by atoms with Gasteiger partial charge in [-0.1, -0.05) is 6.92 Å². The summed E-state index contributed by atoms with van der Waals surface area (Å²) < 4.78 is 44.1. The molecule has 0 aromatic heterocycles. The van der Waals surface area contributed by atoms with E-state index in [4.69, 9.17) is 4.74 Å². The molecule has 0 saturated heterocycles. The first-order chi connectivity index (χ1) is 8.98. The van der Waals surface area contributed by atoms with Crippen LogP contribution in [0.1, 0.15) is 13.3 Å². The molecule has 0 aliphatic rings. The second-order valence-corrected chi connectivity index (χ2v) is 5.86. The maximum Gasteiger partial charge on any atom is 0.234 e. The zero-order valence-corrected chi connectivity index (χ0v) is 11.9. The van der Waals surface area contributed by atoms with Crippen LogP contribution < -0.4 is 14.8 Å². The van der Waals surface area contributed by atoms with Crippen molar-refractivity contribution in [2.24, 2.45) is 0 Å². The van der Waals surface area contributed by atoms with Crippen LogP contribution in [0.2, 0.25) is 0 Å². The Hall–Kier alpha value is -1.34.